The third-order valence-corrected chi connectivity index (χ3v) is 4.51. The van der Waals surface area contributed by atoms with Gasteiger partial charge in [-0.05, 0) is 12.1 Å². The first-order valence-corrected chi connectivity index (χ1v) is 7.12. The molecule has 1 fully saturated rings. The number of rotatable bonds is 2. The van der Waals surface area contributed by atoms with Crippen LogP contribution in [-0.4, -0.2) is 37.9 Å². The summed E-state index contributed by atoms with van der Waals surface area (Å²) in [7, 11) is -3.11. The van der Waals surface area contributed by atoms with Crippen LogP contribution in [0.5, 0.6) is 0 Å². The molecule has 1 amide bonds. The normalized spacial score (nSPS) is 26.6. The molecule has 3 N–H and O–H groups in total. The molecule has 6 heteroatoms. The summed E-state index contributed by atoms with van der Waals surface area (Å²) in [6.07, 6.45) is 0. The summed E-state index contributed by atoms with van der Waals surface area (Å²) in [6.45, 7) is 0. The Labute approximate surface area is 99.9 Å². The molecule has 0 bridgehead atoms. The van der Waals surface area contributed by atoms with E-state index < -0.39 is 21.9 Å². The van der Waals surface area contributed by atoms with Gasteiger partial charge < -0.3 is 11.1 Å². The molecular formula is C11H14N2O3S. The number of nitrogens with two attached hydrogens (primary N) is 1. The molecule has 0 unspecified atom stereocenters. The van der Waals surface area contributed by atoms with Crippen molar-refractivity contribution in [1.82, 2.24) is 5.32 Å². The predicted octanol–water partition coefficient (Wildman–Crippen LogP) is -0.459. The van der Waals surface area contributed by atoms with E-state index in [0.717, 1.165) is 0 Å². The molecule has 0 radical (unpaired) electrons. The van der Waals surface area contributed by atoms with Crippen LogP contribution in [-0.2, 0) is 9.84 Å². The maximum absolute atomic E-state index is 11.8. The fourth-order valence-corrected chi connectivity index (χ4v) is 3.70. The Morgan fingerprint density at radius 2 is 1.88 bits per heavy atom. The van der Waals surface area contributed by atoms with Crippen LogP contribution in [0.25, 0.3) is 0 Å². The van der Waals surface area contributed by atoms with Crippen molar-refractivity contribution in [2.75, 3.05) is 11.5 Å². The van der Waals surface area contributed by atoms with Gasteiger partial charge in [-0.25, -0.2) is 8.42 Å². The quantitative estimate of drug-likeness (QED) is 0.747. The number of nitrogens with one attached hydrogen (secondary N) is 1. The maximum Gasteiger partial charge on any atom is 0.251 e. The molecule has 92 valence electrons. The highest BCUT2D eigenvalue weighted by molar-refractivity contribution is 7.91. The lowest BCUT2D eigenvalue weighted by Crippen LogP contribution is -2.46. The van der Waals surface area contributed by atoms with Crippen molar-refractivity contribution in [2.45, 2.75) is 12.1 Å². The minimum absolute atomic E-state index is 0.0628. The predicted molar refractivity (Wildman–Crippen MR) is 64.3 cm³/mol. The number of sulfone groups is 1. The highest BCUT2D eigenvalue weighted by Crippen LogP contribution is 2.11. The first-order valence-electron chi connectivity index (χ1n) is 5.30. The van der Waals surface area contributed by atoms with Gasteiger partial charge in [-0.1, -0.05) is 18.2 Å². The second kappa shape index (κ2) is 4.46. The number of benzene rings is 1. The number of carbonyl (C=O) groups is 1. The van der Waals surface area contributed by atoms with Crippen molar-refractivity contribution in [2.24, 2.45) is 5.73 Å². The van der Waals surface area contributed by atoms with Crippen molar-refractivity contribution in [3.8, 4) is 0 Å². The summed E-state index contributed by atoms with van der Waals surface area (Å²) in [5.41, 5.74) is 6.19. The molecule has 1 saturated heterocycles. The Kier molecular flexibility index (Phi) is 3.17. The Hall–Kier alpha value is -1.40. The summed E-state index contributed by atoms with van der Waals surface area (Å²) in [5, 5.41) is 2.66. The lowest BCUT2D eigenvalue weighted by Gasteiger charge is -2.15. The third-order valence-electron chi connectivity index (χ3n) is 2.75. The summed E-state index contributed by atoms with van der Waals surface area (Å²) in [4.78, 5) is 11.8. The molecule has 0 aliphatic carbocycles. The van der Waals surface area contributed by atoms with E-state index in [0.29, 0.717) is 5.56 Å². The van der Waals surface area contributed by atoms with Gasteiger partial charge in [0, 0.05) is 11.6 Å². The molecule has 1 aromatic carbocycles. The molecule has 5 nitrogen and oxygen atoms in total. The van der Waals surface area contributed by atoms with Crippen LogP contribution in [0.4, 0.5) is 0 Å². The van der Waals surface area contributed by atoms with Gasteiger partial charge in [0.2, 0.25) is 0 Å². The number of amides is 1. The van der Waals surface area contributed by atoms with E-state index in [4.69, 9.17) is 5.73 Å². The fourth-order valence-electron chi connectivity index (χ4n) is 1.86. The van der Waals surface area contributed by atoms with Crippen LogP contribution in [0.2, 0.25) is 0 Å². The summed E-state index contributed by atoms with van der Waals surface area (Å²) in [5.74, 6) is -0.428. The van der Waals surface area contributed by atoms with Crippen molar-refractivity contribution >= 4 is 15.7 Å². The van der Waals surface area contributed by atoms with E-state index in [9.17, 15) is 13.2 Å². The smallest absolute Gasteiger partial charge is 0.251 e. The number of hydrogen-bond acceptors (Lipinski definition) is 4. The SMILES string of the molecule is N[C@H]1CS(=O)(=O)C[C@@H]1NC(=O)c1ccccc1. The van der Waals surface area contributed by atoms with E-state index >= 15 is 0 Å². The largest absolute Gasteiger partial charge is 0.347 e. The van der Waals surface area contributed by atoms with Gasteiger partial charge in [-0.2, -0.15) is 0 Å². The Bertz CT molecular complexity index is 513. The van der Waals surface area contributed by atoms with Crippen molar-refractivity contribution in [3.63, 3.8) is 0 Å². The Morgan fingerprint density at radius 3 is 2.41 bits per heavy atom. The Balaban J connectivity index is 2.06. The lowest BCUT2D eigenvalue weighted by atomic mass is 10.1. The van der Waals surface area contributed by atoms with Crippen molar-refractivity contribution in [1.29, 1.82) is 0 Å². The lowest BCUT2D eigenvalue weighted by molar-refractivity contribution is 0.0938. The second-order valence-corrected chi connectivity index (χ2v) is 6.34. The van der Waals surface area contributed by atoms with Crippen LogP contribution in [0, 0.1) is 0 Å². The van der Waals surface area contributed by atoms with Gasteiger partial charge in [0.25, 0.3) is 5.91 Å². The van der Waals surface area contributed by atoms with Crippen molar-refractivity contribution in [3.05, 3.63) is 35.9 Å². The van der Waals surface area contributed by atoms with Crippen LogP contribution in [0.15, 0.2) is 30.3 Å². The van der Waals surface area contributed by atoms with Crippen LogP contribution in [0.1, 0.15) is 10.4 Å². The standard InChI is InChI=1S/C11H14N2O3S/c12-9-6-17(15,16)7-10(9)13-11(14)8-4-2-1-3-5-8/h1-5,9-10H,6-7,12H2,(H,13,14)/t9-,10-/m0/s1. The molecule has 0 spiro atoms. The zero-order valence-electron chi connectivity index (χ0n) is 9.17. The summed E-state index contributed by atoms with van der Waals surface area (Å²) in [6, 6.07) is 7.64. The van der Waals surface area contributed by atoms with Gasteiger partial charge in [-0.15, -0.1) is 0 Å². The molecule has 1 aliphatic rings. The average Bonchev–Trinajstić information content (AvgIpc) is 2.53. The molecule has 2 rings (SSSR count). The van der Waals surface area contributed by atoms with Gasteiger partial charge in [-0.3, -0.25) is 4.79 Å². The maximum atomic E-state index is 11.8. The highest BCUT2D eigenvalue weighted by Gasteiger charge is 2.36. The first kappa shape index (κ1) is 12.1. The molecular weight excluding hydrogens is 240 g/mol. The molecule has 1 aromatic rings. The minimum atomic E-state index is -3.11. The second-order valence-electron chi connectivity index (χ2n) is 4.19. The zero-order chi connectivity index (χ0) is 12.5. The number of carbonyl (C=O) groups excluding carboxylic acids is 1. The van der Waals surface area contributed by atoms with E-state index in [1.54, 1.807) is 24.3 Å². The molecule has 17 heavy (non-hydrogen) atoms. The third kappa shape index (κ3) is 2.83. The molecule has 1 heterocycles. The van der Waals surface area contributed by atoms with E-state index in [1.165, 1.54) is 0 Å². The van der Waals surface area contributed by atoms with E-state index in [1.807, 2.05) is 6.07 Å². The van der Waals surface area contributed by atoms with Gasteiger partial charge >= 0.3 is 0 Å². The van der Waals surface area contributed by atoms with Gasteiger partial charge in [0.05, 0.1) is 17.5 Å². The van der Waals surface area contributed by atoms with E-state index in [2.05, 4.69) is 5.32 Å². The zero-order valence-corrected chi connectivity index (χ0v) is 9.98. The van der Waals surface area contributed by atoms with Crippen molar-refractivity contribution < 1.29 is 13.2 Å². The van der Waals surface area contributed by atoms with Crippen LogP contribution >= 0.6 is 0 Å². The number of hydrogen-bond donors (Lipinski definition) is 2. The van der Waals surface area contributed by atoms with Crippen LogP contribution < -0.4 is 11.1 Å². The summed E-state index contributed by atoms with van der Waals surface area (Å²) >= 11 is 0. The Morgan fingerprint density at radius 1 is 1.24 bits per heavy atom. The first-order chi connectivity index (χ1) is 7.98. The minimum Gasteiger partial charge on any atom is -0.347 e. The van der Waals surface area contributed by atoms with Crippen LogP contribution in [0.3, 0.4) is 0 Å². The topological polar surface area (TPSA) is 89.3 Å². The molecule has 0 saturated carbocycles. The van der Waals surface area contributed by atoms with E-state index in [-0.39, 0.29) is 17.4 Å². The average molecular weight is 254 g/mol. The van der Waals surface area contributed by atoms with Gasteiger partial charge in [0.1, 0.15) is 0 Å². The molecule has 2 atom stereocenters. The molecule has 1 aliphatic heterocycles. The highest BCUT2D eigenvalue weighted by atomic mass is 32.2. The molecule has 0 aromatic heterocycles. The summed E-state index contributed by atoms with van der Waals surface area (Å²) < 4.78 is 22.7. The fraction of sp³-hybridized carbons (Fsp3) is 0.364. The monoisotopic (exact) mass is 254 g/mol. The van der Waals surface area contributed by atoms with Gasteiger partial charge in [0.15, 0.2) is 9.84 Å².